The first-order chi connectivity index (χ1) is 17.8. The highest BCUT2D eigenvalue weighted by Gasteiger charge is 2.26. The van der Waals surface area contributed by atoms with E-state index in [-0.39, 0.29) is 22.9 Å². The Kier molecular flexibility index (Phi) is 7.90. The topological polar surface area (TPSA) is 146 Å². The molecule has 0 aliphatic carbocycles. The Balaban J connectivity index is 1.35. The van der Waals surface area contributed by atoms with E-state index in [1.165, 1.54) is 36.5 Å². The average Bonchev–Trinajstić information content (AvgIpc) is 3.40. The van der Waals surface area contributed by atoms with Crippen LogP contribution in [0.25, 0.3) is 5.69 Å². The zero-order chi connectivity index (χ0) is 26.4. The maximum absolute atomic E-state index is 12.3. The van der Waals surface area contributed by atoms with Crippen molar-refractivity contribution in [1.29, 1.82) is 0 Å². The lowest BCUT2D eigenvalue weighted by Crippen LogP contribution is -2.24. The van der Waals surface area contributed by atoms with Gasteiger partial charge in [-0.1, -0.05) is 18.2 Å². The van der Waals surface area contributed by atoms with Crippen LogP contribution >= 0.6 is 24.0 Å². The van der Waals surface area contributed by atoms with E-state index in [2.05, 4.69) is 15.6 Å². The first-order valence-corrected chi connectivity index (χ1v) is 11.7. The number of hydrazone groups is 1. The van der Waals surface area contributed by atoms with Gasteiger partial charge in [0.15, 0.2) is 11.5 Å². The number of esters is 1. The molecular weight excluding hydrogens is 520 g/mol. The lowest BCUT2D eigenvalue weighted by Gasteiger charge is -2.08. The quantitative estimate of drug-likeness (QED) is 0.110. The van der Waals surface area contributed by atoms with Gasteiger partial charge in [0.05, 0.1) is 18.2 Å². The second-order valence-electron chi connectivity index (χ2n) is 7.25. The van der Waals surface area contributed by atoms with Crippen molar-refractivity contribution in [2.45, 2.75) is 6.54 Å². The number of benzene rings is 2. The van der Waals surface area contributed by atoms with Crippen molar-refractivity contribution < 1.29 is 28.7 Å². The molecule has 4 rings (SSSR count). The lowest BCUT2D eigenvalue weighted by atomic mass is 10.2. The number of carbonyl (C=O) groups excluding carboxylic acids is 4. The number of imide groups is 1. The monoisotopic (exact) mass is 538 g/mol. The Morgan fingerprint density at radius 3 is 2.68 bits per heavy atom. The Morgan fingerprint density at radius 2 is 1.97 bits per heavy atom. The minimum Gasteiger partial charge on any atom is -0.493 e. The predicted molar refractivity (Wildman–Crippen MR) is 136 cm³/mol. The Morgan fingerprint density at radius 1 is 1.19 bits per heavy atom. The summed E-state index contributed by atoms with van der Waals surface area (Å²) in [7, 11) is 1.38. The largest absolute Gasteiger partial charge is 0.493 e. The van der Waals surface area contributed by atoms with Crippen LogP contribution in [0.2, 0.25) is 0 Å². The van der Waals surface area contributed by atoms with Gasteiger partial charge in [-0.2, -0.15) is 10.2 Å². The van der Waals surface area contributed by atoms with E-state index in [0.29, 0.717) is 22.1 Å². The number of thioether (sulfide) groups is 1. The SMILES string of the molecule is COc1cc(/C=N/NC(=O)Cn2ncn(-c3ccccc3)c2=S)ccc1OC(=O)/C=C1\SC(=O)NC1=O. The van der Waals surface area contributed by atoms with Gasteiger partial charge < -0.3 is 9.47 Å². The minimum absolute atomic E-state index is 0.0679. The molecule has 1 saturated heterocycles. The van der Waals surface area contributed by atoms with Crippen molar-refractivity contribution in [1.82, 2.24) is 25.1 Å². The van der Waals surface area contributed by atoms with E-state index in [1.54, 1.807) is 10.6 Å². The highest BCUT2D eigenvalue weighted by Crippen LogP contribution is 2.29. The molecule has 1 aliphatic rings. The molecule has 0 saturated carbocycles. The fraction of sp³-hybridized carbons (Fsp3) is 0.0870. The minimum atomic E-state index is -0.854. The van der Waals surface area contributed by atoms with Crippen LogP contribution in [0.5, 0.6) is 11.5 Å². The molecule has 0 atom stereocenters. The Bertz CT molecular complexity index is 1490. The van der Waals surface area contributed by atoms with Crippen LogP contribution in [-0.4, -0.2) is 50.7 Å². The summed E-state index contributed by atoms with van der Waals surface area (Å²) in [5.41, 5.74) is 3.77. The Labute approximate surface area is 218 Å². The maximum Gasteiger partial charge on any atom is 0.337 e. The number of para-hydroxylation sites is 1. The molecule has 1 aromatic heterocycles. The zero-order valence-electron chi connectivity index (χ0n) is 19.1. The van der Waals surface area contributed by atoms with Gasteiger partial charge in [0.25, 0.3) is 17.1 Å². The van der Waals surface area contributed by atoms with E-state index >= 15 is 0 Å². The van der Waals surface area contributed by atoms with E-state index in [4.69, 9.17) is 21.7 Å². The summed E-state index contributed by atoms with van der Waals surface area (Å²) in [6.45, 7) is -0.133. The third-order valence-electron chi connectivity index (χ3n) is 4.75. The molecule has 1 fully saturated rings. The van der Waals surface area contributed by atoms with E-state index in [9.17, 15) is 19.2 Å². The number of carbonyl (C=O) groups is 4. The van der Waals surface area contributed by atoms with Gasteiger partial charge >= 0.3 is 5.97 Å². The van der Waals surface area contributed by atoms with Gasteiger partial charge in [0, 0.05) is 11.8 Å². The van der Waals surface area contributed by atoms with Gasteiger partial charge in [-0.3, -0.25) is 24.3 Å². The molecule has 3 aromatic rings. The number of hydrogen-bond donors (Lipinski definition) is 2. The summed E-state index contributed by atoms with van der Waals surface area (Å²) < 4.78 is 13.9. The standard InChI is InChI=1S/C23H18N6O6S2/c1-34-17-9-14(7-8-16(17)35-20(31)10-18-21(32)26-22(33)37-18)11-24-27-19(30)12-29-23(36)28(13-25-29)15-5-3-2-4-6-15/h2-11,13H,12H2,1H3,(H,27,30)(H,26,32,33)/b18-10-,24-11+. The summed E-state index contributed by atoms with van der Waals surface area (Å²) in [6, 6.07) is 13.9. The summed E-state index contributed by atoms with van der Waals surface area (Å²) in [5, 5.41) is 9.56. The smallest absolute Gasteiger partial charge is 0.337 e. The van der Waals surface area contributed by atoms with Crippen molar-refractivity contribution in [3.05, 3.63) is 76.2 Å². The first kappa shape index (κ1) is 25.5. The van der Waals surface area contributed by atoms with E-state index in [0.717, 1.165) is 11.8 Å². The summed E-state index contributed by atoms with van der Waals surface area (Å²) in [4.78, 5) is 47.1. The van der Waals surface area contributed by atoms with Gasteiger partial charge in [-0.05, 0) is 59.9 Å². The fourth-order valence-electron chi connectivity index (χ4n) is 3.08. The van der Waals surface area contributed by atoms with Crippen molar-refractivity contribution >= 4 is 53.2 Å². The second-order valence-corrected chi connectivity index (χ2v) is 8.63. The molecule has 2 aromatic carbocycles. The Hall–Kier alpha value is -4.56. The molecule has 37 heavy (non-hydrogen) atoms. The van der Waals surface area contributed by atoms with E-state index < -0.39 is 23.0 Å². The molecule has 14 heteroatoms. The van der Waals surface area contributed by atoms with Crippen LogP contribution in [0, 0.1) is 4.77 Å². The molecule has 2 N–H and O–H groups in total. The molecular formula is C23H18N6O6S2. The van der Waals surface area contributed by atoms with Crippen LogP contribution in [0.15, 0.2) is 70.9 Å². The number of amides is 3. The van der Waals surface area contributed by atoms with Crippen molar-refractivity contribution in [2.24, 2.45) is 5.10 Å². The number of hydrogen-bond acceptors (Lipinski definition) is 10. The molecule has 1 aliphatic heterocycles. The maximum atomic E-state index is 12.3. The van der Waals surface area contributed by atoms with Crippen molar-refractivity contribution in [3.63, 3.8) is 0 Å². The number of rotatable bonds is 8. The van der Waals surface area contributed by atoms with Crippen molar-refractivity contribution in [3.8, 4) is 17.2 Å². The normalized spacial score (nSPS) is 14.1. The lowest BCUT2D eigenvalue weighted by molar-refractivity contribution is -0.129. The molecule has 0 radical (unpaired) electrons. The first-order valence-electron chi connectivity index (χ1n) is 10.5. The molecule has 0 unspecified atom stereocenters. The highest BCUT2D eigenvalue weighted by molar-refractivity contribution is 8.18. The van der Waals surface area contributed by atoms with Gasteiger partial charge in [-0.15, -0.1) is 0 Å². The number of nitrogens with zero attached hydrogens (tertiary/aromatic N) is 4. The predicted octanol–water partition coefficient (Wildman–Crippen LogP) is 2.33. The number of nitrogens with one attached hydrogen (secondary N) is 2. The van der Waals surface area contributed by atoms with Gasteiger partial charge in [0.1, 0.15) is 12.9 Å². The number of ether oxygens (including phenoxy) is 2. The third kappa shape index (κ3) is 6.36. The summed E-state index contributed by atoms with van der Waals surface area (Å²) >= 11 is 5.99. The highest BCUT2D eigenvalue weighted by atomic mass is 32.2. The summed E-state index contributed by atoms with van der Waals surface area (Å²) in [5.74, 6) is -1.67. The van der Waals surface area contributed by atoms with Crippen molar-refractivity contribution in [2.75, 3.05) is 7.11 Å². The molecule has 0 spiro atoms. The fourth-order valence-corrected chi connectivity index (χ4v) is 3.98. The molecule has 3 amide bonds. The van der Waals surface area contributed by atoms with Crippen LogP contribution in [0.1, 0.15) is 5.56 Å². The number of methoxy groups -OCH3 is 1. The van der Waals surface area contributed by atoms with E-state index in [1.807, 2.05) is 35.6 Å². The number of aromatic nitrogens is 3. The molecule has 12 nitrogen and oxygen atoms in total. The van der Waals surface area contributed by atoms with Gasteiger partial charge in [-0.25, -0.2) is 14.9 Å². The molecule has 0 bridgehead atoms. The van der Waals surface area contributed by atoms with Gasteiger partial charge in [0.2, 0.25) is 4.77 Å². The molecule has 2 heterocycles. The third-order valence-corrected chi connectivity index (χ3v) is 5.97. The summed E-state index contributed by atoms with van der Waals surface area (Å²) in [6.07, 6.45) is 3.83. The van der Waals surface area contributed by atoms with Crippen LogP contribution in [0.4, 0.5) is 4.79 Å². The van der Waals surface area contributed by atoms with Crippen LogP contribution < -0.4 is 20.2 Å². The van der Waals surface area contributed by atoms with Crippen LogP contribution in [-0.2, 0) is 20.9 Å². The van der Waals surface area contributed by atoms with Crippen LogP contribution in [0.3, 0.4) is 0 Å². The zero-order valence-corrected chi connectivity index (χ0v) is 20.7. The molecule has 188 valence electrons. The average molecular weight is 539 g/mol. The second kappa shape index (κ2) is 11.5.